The van der Waals surface area contributed by atoms with Gasteiger partial charge in [0.2, 0.25) is 0 Å². The largest absolute Gasteiger partial charge is 0.349 e. The van der Waals surface area contributed by atoms with Gasteiger partial charge in [-0.3, -0.25) is 4.98 Å². The van der Waals surface area contributed by atoms with E-state index in [1.165, 1.54) is 0 Å². The lowest BCUT2D eigenvalue weighted by atomic mass is 10.1. The molecule has 0 aliphatic carbocycles. The van der Waals surface area contributed by atoms with E-state index in [2.05, 4.69) is 44.9 Å². The average molecular weight is 344 g/mol. The first-order valence-electron chi connectivity index (χ1n) is 8.70. The summed E-state index contributed by atoms with van der Waals surface area (Å²) in [5.74, 6) is 0.885. The van der Waals surface area contributed by atoms with Gasteiger partial charge in [0.05, 0.1) is 23.3 Å². The number of rotatable bonds is 5. The van der Waals surface area contributed by atoms with Crippen LogP contribution in [-0.4, -0.2) is 31.3 Å². The summed E-state index contributed by atoms with van der Waals surface area (Å²) in [5, 5.41) is 5.49. The number of pyridine rings is 1. The number of benzene rings is 1. The minimum atomic E-state index is 0.145. The molecule has 0 saturated heterocycles. The molecule has 4 aromatic rings. The highest BCUT2D eigenvalue weighted by Crippen LogP contribution is 2.30. The van der Waals surface area contributed by atoms with Crippen LogP contribution < -0.4 is 4.90 Å². The number of anilines is 1. The van der Waals surface area contributed by atoms with Crippen LogP contribution >= 0.6 is 0 Å². The molecule has 0 amide bonds. The molecule has 0 N–H and O–H groups in total. The fraction of sp³-hybridized carbons (Fsp3) is 0.200. The summed E-state index contributed by atoms with van der Waals surface area (Å²) >= 11 is 0. The Morgan fingerprint density at radius 2 is 1.88 bits per heavy atom. The maximum atomic E-state index is 4.57. The third kappa shape index (κ3) is 2.79. The molecule has 3 heterocycles. The first kappa shape index (κ1) is 16.2. The molecule has 1 aromatic carbocycles. The summed E-state index contributed by atoms with van der Waals surface area (Å²) in [6.45, 7) is 5.11. The van der Waals surface area contributed by atoms with E-state index in [-0.39, 0.29) is 6.04 Å². The van der Waals surface area contributed by atoms with Crippen LogP contribution in [0.3, 0.4) is 0 Å². The molecule has 0 aliphatic heterocycles. The van der Waals surface area contributed by atoms with E-state index in [1.54, 1.807) is 12.5 Å². The van der Waals surface area contributed by atoms with Crippen LogP contribution in [0.15, 0.2) is 67.4 Å². The molecular formula is C20H20N6. The Hall–Kier alpha value is -3.28. The Balaban J connectivity index is 1.80. The van der Waals surface area contributed by atoms with E-state index >= 15 is 0 Å². The molecule has 26 heavy (non-hydrogen) atoms. The zero-order valence-corrected chi connectivity index (χ0v) is 14.8. The highest BCUT2D eigenvalue weighted by atomic mass is 15.3. The van der Waals surface area contributed by atoms with Crippen molar-refractivity contribution >= 4 is 16.9 Å². The number of nitrogens with zero attached hydrogens (tertiary/aromatic N) is 6. The van der Waals surface area contributed by atoms with Crippen molar-refractivity contribution < 1.29 is 0 Å². The van der Waals surface area contributed by atoms with Crippen molar-refractivity contribution in [2.24, 2.45) is 0 Å². The molecule has 0 fully saturated rings. The van der Waals surface area contributed by atoms with E-state index in [9.17, 15) is 0 Å². The predicted octanol–water partition coefficient (Wildman–Crippen LogP) is 3.80. The van der Waals surface area contributed by atoms with Gasteiger partial charge >= 0.3 is 0 Å². The monoisotopic (exact) mass is 344 g/mol. The van der Waals surface area contributed by atoms with Crippen LogP contribution in [0.5, 0.6) is 0 Å². The van der Waals surface area contributed by atoms with Gasteiger partial charge in [0.15, 0.2) is 5.65 Å². The van der Waals surface area contributed by atoms with Crippen LogP contribution in [0, 0.1) is 0 Å². The molecule has 0 bridgehead atoms. The lowest BCUT2D eigenvalue weighted by Gasteiger charge is -2.29. The molecule has 0 aliphatic rings. The summed E-state index contributed by atoms with van der Waals surface area (Å²) in [6.07, 6.45) is 7.14. The Bertz CT molecular complexity index is 997. The fourth-order valence-electron chi connectivity index (χ4n) is 3.23. The van der Waals surface area contributed by atoms with E-state index in [4.69, 9.17) is 0 Å². The zero-order valence-electron chi connectivity index (χ0n) is 14.8. The second-order valence-corrected chi connectivity index (χ2v) is 6.07. The topological polar surface area (TPSA) is 59.7 Å². The second kappa shape index (κ2) is 6.92. The van der Waals surface area contributed by atoms with Crippen LogP contribution in [-0.2, 0) is 0 Å². The summed E-state index contributed by atoms with van der Waals surface area (Å²) in [5.41, 5.74) is 2.94. The predicted molar refractivity (Wildman–Crippen MR) is 102 cm³/mol. The molecule has 0 spiro atoms. The van der Waals surface area contributed by atoms with Gasteiger partial charge < -0.3 is 4.90 Å². The number of para-hydroxylation sites is 1. The lowest BCUT2D eigenvalue weighted by molar-refractivity contribution is 0.679. The number of hydrogen-bond acceptors (Lipinski definition) is 5. The van der Waals surface area contributed by atoms with Gasteiger partial charge in [-0.2, -0.15) is 5.10 Å². The highest BCUT2D eigenvalue weighted by molar-refractivity contribution is 5.87. The van der Waals surface area contributed by atoms with E-state index in [0.29, 0.717) is 0 Å². The van der Waals surface area contributed by atoms with E-state index in [1.807, 2.05) is 53.5 Å². The Morgan fingerprint density at radius 1 is 1.04 bits per heavy atom. The quantitative estimate of drug-likeness (QED) is 0.551. The molecule has 130 valence electrons. The van der Waals surface area contributed by atoms with Gasteiger partial charge in [0.25, 0.3) is 0 Å². The van der Waals surface area contributed by atoms with Crippen molar-refractivity contribution in [1.29, 1.82) is 0 Å². The lowest BCUT2D eigenvalue weighted by Crippen LogP contribution is -2.27. The van der Waals surface area contributed by atoms with Crippen molar-refractivity contribution in [2.75, 3.05) is 11.4 Å². The maximum absolute atomic E-state index is 4.57. The number of fused-ring (bicyclic) bond motifs is 1. The third-order valence-electron chi connectivity index (χ3n) is 4.59. The molecule has 1 unspecified atom stereocenters. The molecule has 3 aromatic heterocycles. The summed E-state index contributed by atoms with van der Waals surface area (Å²) in [4.78, 5) is 15.5. The smallest absolute Gasteiger partial charge is 0.168 e. The normalized spacial score (nSPS) is 12.2. The molecule has 4 rings (SSSR count). The standard InChI is InChI=1S/C20H20N6/c1-3-25(15(2)16-8-7-11-21-12-16)19-18-13-24-26(20(18)23-14-22-19)17-9-5-4-6-10-17/h4-15H,3H2,1-2H3. The SMILES string of the molecule is CCN(c1ncnc2c1cnn2-c1ccccc1)C(C)c1cccnc1. The summed E-state index contributed by atoms with van der Waals surface area (Å²) < 4.78 is 1.85. The summed E-state index contributed by atoms with van der Waals surface area (Å²) in [7, 11) is 0. The minimum Gasteiger partial charge on any atom is -0.349 e. The number of hydrogen-bond donors (Lipinski definition) is 0. The van der Waals surface area contributed by atoms with Crippen molar-refractivity contribution in [3.8, 4) is 5.69 Å². The Kier molecular flexibility index (Phi) is 4.31. The summed E-state index contributed by atoms with van der Waals surface area (Å²) in [6, 6.07) is 14.2. The highest BCUT2D eigenvalue weighted by Gasteiger charge is 2.20. The first-order chi connectivity index (χ1) is 12.8. The van der Waals surface area contributed by atoms with Crippen LogP contribution in [0.1, 0.15) is 25.5 Å². The van der Waals surface area contributed by atoms with Gasteiger partial charge in [-0.15, -0.1) is 0 Å². The van der Waals surface area contributed by atoms with Gasteiger partial charge in [-0.1, -0.05) is 24.3 Å². The third-order valence-corrected chi connectivity index (χ3v) is 4.59. The van der Waals surface area contributed by atoms with Gasteiger partial charge in [-0.25, -0.2) is 14.6 Å². The average Bonchev–Trinajstić information content (AvgIpc) is 3.15. The molecular weight excluding hydrogens is 324 g/mol. The molecule has 6 heteroatoms. The first-order valence-corrected chi connectivity index (χ1v) is 8.70. The Labute approximate surface area is 152 Å². The van der Waals surface area contributed by atoms with Crippen LogP contribution in [0.25, 0.3) is 16.7 Å². The van der Waals surface area contributed by atoms with Gasteiger partial charge in [0.1, 0.15) is 12.1 Å². The number of aromatic nitrogens is 5. The van der Waals surface area contributed by atoms with Crippen molar-refractivity contribution in [2.45, 2.75) is 19.9 Å². The van der Waals surface area contributed by atoms with E-state index < -0.39 is 0 Å². The molecule has 1 atom stereocenters. The van der Waals surface area contributed by atoms with Gasteiger partial charge in [-0.05, 0) is 37.6 Å². The second-order valence-electron chi connectivity index (χ2n) is 6.07. The maximum Gasteiger partial charge on any atom is 0.168 e. The van der Waals surface area contributed by atoms with Crippen molar-refractivity contribution in [1.82, 2.24) is 24.7 Å². The Morgan fingerprint density at radius 3 is 2.62 bits per heavy atom. The minimum absolute atomic E-state index is 0.145. The van der Waals surface area contributed by atoms with Crippen molar-refractivity contribution in [3.05, 3.63) is 72.9 Å². The van der Waals surface area contributed by atoms with Crippen LogP contribution in [0.2, 0.25) is 0 Å². The van der Waals surface area contributed by atoms with E-state index in [0.717, 1.165) is 34.6 Å². The molecule has 0 saturated carbocycles. The van der Waals surface area contributed by atoms with Crippen molar-refractivity contribution in [3.63, 3.8) is 0 Å². The van der Waals surface area contributed by atoms with Gasteiger partial charge in [0, 0.05) is 18.9 Å². The fourth-order valence-corrected chi connectivity index (χ4v) is 3.23. The molecule has 6 nitrogen and oxygen atoms in total. The molecule has 0 radical (unpaired) electrons. The zero-order chi connectivity index (χ0) is 17.9. The van der Waals surface area contributed by atoms with Crippen LogP contribution in [0.4, 0.5) is 5.82 Å².